The molecule has 2 aromatic rings. The van der Waals surface area contributed by atoms with Crippen molar-refractivity contribution in [3.05, 3.63) is 70.3 Å². The molecule has 2 aromatic carbocycles. The molecule has 0 aliphatic carbocycles. The molecule has 118 valence electrons. The molecule has 0 saturated heterocycles. The summed E-state index contributed by atoms with van der Waals surface area (Å²) in [6.07, 6.45) is -2.76. The molecule has 0 fully saturated rings. The van der Waals surface area contributed by atoms with Crippen molar-refractivity contribution in [2.45, 2.75) is 32.4 Å². The molecule has 2 rings (SSSR count). The summed E-state index contributed by atoms with van der Waals surface area (Å²) >= 11 is 0. The van der Waals surface area contributed by atoms with Crippen LogP contribution in [0.5, 0.6) is 0 Å². The molecular weight excluding hydrogens is 287 g/mol. The van der Waals surface area contributed by atoms with E-state index in [-0.39, 0.29) is 18.5 Å². The van der Waals surface area contributed by atoms with Crippen LogP contribution < -0.4 is 5.73 Å². The fraction of sp³-hybridized carbons (Fsp3) is 0.333. The van der Waals surface area contributed by atoms with Gasteiger partial charge in [0.15, 0.2) is 0 Å². The van der Waals surface area contributed by atoms with Gasteiger partial charge in [-0.25, -0.2) is 0 Å². The Morgan fingerprint density at radius 2 is 1.50 bits per heavy atom. The first-order valence-electron chi connectivity index (χ1n) is 7.36. The lowest BCUT2D eigenvalue weighted by Crippen LogP contribution is -2.16. The zero-order chi connectivity index (χ0) is 16.2. The summed E-state index contributed by atoms with van der Waals surface area (Å²) in [4.78, 5) is 0. The second-order valence-corrected chi connectivity index (χ2v) is 5.41. The molecule has 0 spiro atoms. The number of halogens is 3. The van der Waals surface area contributed by atoms with Gasteiger partial charge < -0.3 is 5.73 Å². The minimum Gasteiger partial charge on any atom is -0.330 e. The van der Waals surface area contributed by atoms with Gasteiger partial charge in [-0.3, -0.25) is 0 Å². The van der Waals surface area contributed by atoms with Gasteiger partial charge in [-0.1, -0.05) is 42.5 Å². The van der Waals surface area contributed by atoms with Gasteiger partial charge in [0, 0.05) is 0 Å². The highest BCUT2D eigenvalue weighted by Crippen LogP contribution is 2.36. The van der Waals surface area contributed by atoms with Gasteiger partial charge in [0.05, 0.1) is 5.56 Å². The molecule has 0 heterocycles. The molecule has 0 aromatic heterocycles. The Hall–Kier alpha value is -1.81. The maximum absolute atomic E-state index is 13.3. The SMILES string of the molecule is Cc1c(CCc2ccccc2)ccc(CCN)c1C(F)(F)F. The van der Waals surface area contributed by atoms with Gasteiger partial charge in [-0.2, -0.15) is 13.2 Å². The molecule has 0 saturated carbocycles. The van der Waals surface area contributed by atoms with E-state index in [0.29, 0.717) is 12.0 Å². The van der Waals surface area contributed by atoms with Crippen LogP contribution >= 0.6 is 0 Å². The molecule has 0 aliphatic rings. The number of rotatable bonds is 5. The molecule has 4 heteroatoms. The van der Waals surface area contributed by atoms with Crippen LogP contribution in [0.3, 0.4) is 0 Å². The number of nitrogens with two attached hydrogens (primary N) is 1. The third-order valence-electron chi connectivity index (χ3n) is 3.89. The van der Waals surface area contributed by atoms with Crippen LogP contribution in [-0.4, -0.2) is 6.54 Å². The average Bonchev–Trinajstić information content (AvgIpc) is 2.46. The van der Waals surface area contributed by atoms with Crippen molar-refractivity contribution in [3.8, 4) is 0 Å². The molecule has 0 amide bonds. The van der Waals surface area contributed by atoms with E-state index in [1.54, 1.807) is 19.1 Å². The Kier molecular flexibility index (Phi) is 5.24. The Bertz CT molecular complexity index is 618. The van der Waals surface area contributed by atoms with E-state index in [2.05, 4.69) is 0 Å². The molecule has 22 heavy (non-hydrogen) atoms. The first kappa shape index (κ1) is 16.6. The van der Waals surface area contributed by atoms with Crippen molar-refractivity contribution in [2.75, 3.05) is 6.54 Å². The van der Waals surface area contributed by atoms with E-state index in [1.807, 2.05) is 30.3 Å². The van der Waals surface area contributed by atoms with Crippen LogP contribution in [-0.2, 0) is 25.4 Å². The van der Waals surface area contributed by atoms with E-state index in [1.165, 1.54) is 0 Å². The topological polar surface area (TPSA) is 26.0 Å². The summed E-state index contributed by atoms with van der Waals surface area (Å²) in [7, 11) is 0. The summed E-state index contributed by atoms with van der Waals surface area (Å²) in [5.41, 5.74) is 7.41. The first-order chi connectivity index (χ1) is 10.4. The predicted octanol–water partition coefficient (Wildman–Crippen LogP) is 4.30. The van der Waals surface area contributed by atoms with E-state index in [4.69, 9.17) is 5.73 Å². The lowest BCUT2D eigenvalue weighted by Gasteiger charge is -2.18. The van der Waals surface area contributed by atoms with E-state index < -0.39 is 11.7 Å². The zero-order valence-electron chi connectivity index (χ0n) is 12.6. The van der Waals surface area contributed by atoms with Crippen LogP contribution in [0.25, 0.3) is 0 Å². The number of benzene rings is 2. The van der Waals surface area contributed by atoms with Crippen molar-refractivity contribution in [2.24, 2.45) is 5.73 Å². The van der Waals surface area contributed by atoms with Crippen molar-refractivity contribution in [1.29, 1.82) is 0 Å². The second kappa shape index (κ2) is 6.97. The second-order valence-electron chi connectivity index (χ2n) is 5.41. The Morgan fingerprint density at radius 1 is 0.864 bits per heavy atom. The predicted molar refractivity (Wildman–Crippen MR) is 82.8 cm³/mol. The van der Waals surface area contributed by atoms with Gasteiger partial charge in [-0.15, -0.1) is 0 Å². The van der Waals surface area contributed by atoms with Crippen LogP contribution in [0.15, 0.2) is 42.5 Å². The molecular formula is C18H20F3N. The highest BCUT2D eigenvalue weighted by Gasteiger charge is 2.35. The molecule has 0 unspecified atom stereocenters. The lowest BCUT2D eigenvalue weighted by atomic mass is 9.92. The van der Waals surface area contributed by atoms with Crippen LogP contribution in [0, 0.1) is 6.92 Å². The zero-order valence-corrected chi connectivity index (χ0v) is 12.6. The fourth-order valence-corrected chi connectivity index (χ4v) is 2.76. The van der Waals surface area contributed by atoms with E-state index >= 15 is 0 Å². The molecule has 1 nitrogen and oxygen atoms in total. The van der Waals surface area contributed by atoms with Gasteiger partial charge in [0.1, 0.15) is 0 Å². The van der Waals surface area contributed by atoms with E-state index in [9.17, 15) is 13.2 Å². The third-order valence-corrected chi connectivity index (χ3v) is 3.89. The molecule has 0 bridgehead atoms. The van der Waals surface area contributed by atoms with Gasteiger partial charge in [0.2, 0.25) is 0 Å². The largest absolute Gasteiger partial charge is 0.416 e. The first-order valence-corrected chi connectivity index (χ1v) is 7.36. The van der Waals surface area contributed by atoms with Crippen molar-refractivity contribution < 1.29 is 13.2 Å². The van der Waals surface area contributed by atoms with Gasteiger partial charge in [0.25, 0.3) is 0 Å². The van der Waals surface area contributed by atoms with E-state index in [0.717, 1.165) is 17.5 Å². The Labute approximate surface area is 129 Å². The molecule has 0 radical (unpaired) electrons. The van der Waals surface area contributed by atoms with Crippen LogP contribution in [0.4, 0.5) is 13.2 Å². The quantitative estimate of drug-likeness (QED) is 0.875. The minimum absolute atomic E-state index is 0.214. The highest BCUT2D eigenvalue weighted by molar-refractivity contribution is 5.43. The van der Waals surface area contributed by atoms with Gasteiger partial charge in [-0.05, 0) is 55.0 Å². The smallest absolute Gasteiger partial charge is 0.330 e. The normalized spacial score (nSPS) is 11.7. The summed E-state index contributed by atoms with van der Waals surface area (Å²) in [6.45, 7) is 1.77. The third kappa shape index (κ3) is 3.89. The fourth-order valence-electron chi connectivity index (χ4n) is 2.76. The van der Waals surface area contributed by atoms with Crippen LogP contribution in [0.1, 0.15) is 27.8 Å². The van der Waals surface area contributed by atoms with Crippen molar-refractivity contribution >= 4 is 0 Å². The highest BCUT2D eigenvalue weighted by atomic mass is 19.4. The Morgan fingerprint density at radius 3 is 2.09 bits per heavy atom. The van der Waals surface area contributed by atoms with Crippen molar-refractivity contribution in [3.63, 3.8) is 0 Å². The summed E-state index contributed by atoms with van der Waals surface area (Å²) in [5.74, 6) is 0. The van der Waals surface area contributed by atoms with Gasteiger partial charge >= 0.3 is 6.18 Å². The summed E-state index contributed by atoms with van der Waals surface area (Å²) < 4.78 is 40.0. The standard InChI is InChI=1S/C18H20F3N/c1-13-15(8-7-14-5-3-2-4-6-14)9-10-16(11-12-22)17(13)18(19,20)21/h2-6,9-10H,7-8,11-12,22H2,1H3. The van der Waals surface area contributed by atoms with Crippen LogP contribution in [0.2, 0.25) is 0 Å². The lowest BCUT2D eigenvalue weighted by molar-refractivity contribution is -0.138. The minimum atomic E-state index is -4.34. The summed E-state index contributed by atoms with van der Waals surface area (Å²) in [5, 5.41) is 0. The number of hydrogen-bond donors (Lipinski definition) is 1. The molecule has 0 aliphatic heterocycles. The average molecular weight is 307 g/mol. The number of aryl methyl sites for hydroxylation is 2. The molecule has 0 atom stereocenters. The summed E-state index contributed by atoms with van der Waals surface area (Å²) in [6, 6.07) is 13.2. The monoisotopic (exact) mass is 307 g/mol. The number of alkyl halides is 3. The maximum Gasteiger partial charge on any atom is 0.416 e. The molecule has 2 N–H and O–H groups in total. The number of hydrogen-bond acceptors (Lipinski definition) is 1. The maximum atomic E-state index is 13.3. The Balaban J connectivity index is 2.29. The van der Waals surface area contributed by atoms with Crippen molar-refractivity contribution in [1.82, 2.24) is 0 Å².